The molecule has 0 spiro atoms. The standard InChI is InChI=1S/C16H24N2O3.ClH/c1-5-21-13-10-16(17,15(13,2)3)14(19)18-11-6-8-12(20-4)9-7-11;/h6-9,13H,5,10,17H2,1-4H3,(H,18,19);1H. The second kappa shape index (κ2) is 6.86. The lowest BCUT2D eigenvalue weighted by Gasteiger charge is -2.57. The first kappa shape index (κ1) is 18.7. The summed E-state index contributed by atoms with van der Waals surface area (Å²) in [4.78, 5) is 12.5. The first-order chi connectivity index (χ1) is 9.85. The van der Waals surface area contributed by atoms with Gasteiger partial charge in [-0.1, -0.05) is 13.8 Å². The van der Waals surface area contributed by atoms with E-state index in [1.807, 2.05) is 20.8 Å². The van der Waals surface area contributed by atoms with Crippen LogP contribution in [-0.2, 0) is 9.53 Å². The van der Waals surface area contributed by atoms with E-state index in [4.69, 9.17) is 15.2 Å². The Labute approximate surface area is 138 Å². The van der Waals surface area contributed by atoms with E-state index in [2.05, 4.69) is 5.32 Å². The van der Waals surface area contributed by atoms with Gasteiger partial charge in [0.25, 0.3) is 0 Å². The number of carbonyl (C=O) groups is 1. The van der Waals surface area contributed by atoms with Crippen LogP contribution in [0.2, 0.25) is 0 Å². The molecular formula is C16H25ClN2O3. The van der Waals surface area contributed by atoms with E-state index in [0.29, 0.717) is 18.7 Å². The SMILES string of the molecule is CCOC1CC(N)(C(=O)Nc2ccc(OC)cc2)C1(C)C.Cl. The van der Waals surface area contributed by atoms with Crippen LogP contribution in [0.3, 0.4) is 0 Å². The quantitative estimate of drug-likeness (QED) is 0.871. The number of anilines is 1. The molecule has 1 aromatic rings. The fraction of sp³-hybridized carbons (Fsp3) is 0.562. The summed E-state index contributed by atoms with van der Waals surface area (Å²) in [6, 6.07) is 7.19. The van der Waals surface area contributed by atoms with E-state index in [0.717, 1.165) is 5.75 Å². The lowest BCUT2D eigenvalue weighted by molar-refractivity contribution is -0.166. The van der Waals surface area contributed by atoms with E-state index in [1.165, 1.54) is 0 Å². The Balaban J connectivity index is 0.00000242. The number of hydrogen-bond donors (Lipinski definition) is 2. The van der Waals surface area contributed by atoms with Crippen LogP contribution in [0.15, 0.2) is 24.3 Å². The number of rotatable bonds is 5. The van der Waals surface area contributed by atoms with Gasteiger partial charge in [-0.05, 0) is 31.2 Å². The molecule has 0 radical (unpaired) electrons. The molecule has 0 aromatic heterocycles. The van der Waals surface area contributed by atoms with E-state index in [9.17, 15) is 4.79 Å². The number of benzene rings is 1. The highest BCUT2D eigenvalue weighted by molar-refractivity contribution is 5.99. The van der Waals surface area contributed by atoms with Crippen LogP contribution >= 0.6 is 12.4 Å². The van der Waals surface area contributed by atoms with Gasteiger partial charge in [0.1, 0.15) is 11.3 Å². The molecule has 2 unspecified atom stereocenters. The summed E-state index contributed by atoms with van der Waals surface area (Å²) in [6.07, 6.45) is 0.560. The first-order valence-corrected chi connectivity index (χ1v) is 7.21. The van der Waals surface area contributed by atoms with Crippen LogP contribution in [0.1, 0.15) is 27.2 Å². The number of amides is 1. The zero-order valence-electron chi connectivity index (χ0n) is 13.5. The summed E-state index contributed by atoms with van der Waals surface area (Å²) in [7, 11) is 1.60. The average molecular weight is 329 g/mol. The van der Waals surface area contributed by atoms with Gasteiger partial charge in [0.05, 0.1) is 13.2 Å². The maximum Gasteiger partial charge on any atom is 0.245 e. The van der Waals surface area contributed by atoms with Crippen LogP contribution in [0.5, 0.6) is 5.75 Å². The number of ether oxygens (including phenoxy) is 2. The molecule has 1 fully saturated rings. The predicted molar refractivity (Wildman–Crippen MR) is 89.6 cm³/mol. The fourth-order valence-corrected chi connectivity index (χ4v) is 2.74. The van der Waals surface area contributed by atoms with E-state index in [1.54, 1.807) is 31.4 Å². The highest BCUT2D eigenvalue weighted by Gasteiger charge is 2.62. The minimum atomic E-state index is -0.910. The number of nitrogens with two attached hydrogens (primary N) is 1. The molecular weight excluding hydrogens is 304 g/mol. The van der Waals surface area contributed by atoms with Crippen LogP contribution in [0.25, 0.3) is 0 Å². The van der Waals surface area contributed by atoms with Gasteiger partial charge in [0, 0.05) is 24.1 Å². The molecule has 0 heterocycles. The zero-order chi connectivity index (χ0) is 15.7. The average Bonchev–Trinajstić information content (AvgIpc) is 2.47. The summed E-state index contributed by atoms with van der Waals surface area (Å²) >= 11 is 0. The smallest absolute Gasteiger partial charge is 0.245 e. The molecule has 22 heavy (non-hydrogen) atoms. The van der Waals surface area contributed by atoms with E-state index < -0.39 is 5.54 Å². The molecule has 2 rings (SSSR count). The van der Waals surface area contributed by atoms with Crippen molar-refractivity contribution in [1.29, 1.82) is 0 Å². The molecule has 6 heteroatoms. The minimum Gasteiger partial charge on any atom is -0.497 e. The Hall–Kier alpha value is -1.30. The van der Waals surface area contributed by atoms with Gasteiger partial charge in [0.2, 0.25) is 5.91 Å². The molecule has 124 valence electrons. The summed E-state index contributed by atoms with van der Waals surface area (Å²) < 4.78 is 10.7. The van der Waals surface area contributed by atoms with Crippen molar-refractivity contribution in [3.8, 4) is 5.75 Å². The molecule has 1 saturated carbocycles. The third kappa shape index (κ3) is 3.07. The maximum absolute atomic E-state index is 12.5. The second-order valence-electron chi connectivity index (χ2n) is 6.02. The molecule has 1 aliphatic carbocycles. The maximum atomic E-state index is 12.5. The normalized spacial score (nSPS) is 25.6. The van der Waals surface area contributed by atoms with Crippen molar-refractivity contribution in [1.82, 2.24) is 0 Å². The van der Waals surface area contributed by atoms with Gasteiger partial charge in [-0.15, -0.1) is 12.4 Å². The Morgan fingerprint density at radius 3 is 2.41 bits per heavy atom. The summed E-state index contributed by atoms with van der Waals surface area (Å²) in [6.45, 7) is 6.53. The number of hydrogen-bond acceptors (Lipinski definition) is 4. The molecule has 2 atom stereocenters. The van der Waals surface area contributed by atoms with Gasteiger partial charge >= 0.3 is 0 Å². The van der Waals surface area contributed by atoms with Crippen molar-refractivity contribution >= 4 is 24.0 Å². The van der Waals surface area contributed by atoms with Gasteiger partial charge in [-0.3, -0.25) is 4.79 Å². The minimum absolute atomic E-state index is 0. The van der Waals surface area contributed by atoms with Gasteiger partial charge < -0.3 is 20.5 Å². The molecule has 0 aliphatic heterocycles. The fourth-order valence-electron chi connectivity index (χ4n) is 2.74. The lowest BCUT2D eigenvalue weighted by atomic mass is 9.54. The molecule has 3 N–H and O–H groups in total. The van der Waals surface area contributed by atoms with Crippen molar-refractivity contribution in [2.45, 2.75) is 38.8 Å². The van der Waals surface area contributed by atoms with Crippen LogP contribution in [0, 0.1) is 5.41 Å². The monoisotopic (exact) mass is 328 g/mol. The van der Waals surface area contributed by atoms with E-state index in [-0.39, 0.29) is 29.8 Å². The second-order valence-corrected chi connectivity index (χ2v) is 6.02. The molecule has 5 nitrogen and oxygen atoms in total. The number of nitrogens with one attached hydrogen (secondary N) is 1. The number of carbonyl (C=O) groups excluding carboxylic acids is 1. The van der Waals surface area contributed by atoms with Crippen molar-refractivity contribution in [3.63, 3.8) is 0 Å². The highest BCUT2D eigenvalue weighted by Crippen LogP contribution is 2.50. The first-order valence-electron chi connectivity index (χ1n) is 7.21. The topological polar surface area (TPSA) is 73.6 Å². The summed E-state index contributed by atoms with van der Waals surface area (Å²) in [5.74, 6) is 0.574. The molecule has 0 saturated heterocycles. The third-order valence-electron chi connectivity index (χ3n) is 4.58. The van der Waals surface area contributed by atoms with Crippen LogP contribution < -0.4 is 15.8 Å². The predicted octanol–water partition coefficient (Wildman–Crippen LogP) is 2.59. The Morgan fingerprint density at radius 2 is 1.95 bits per heavy atom. The number of methoxy groups -OCH3 is 1. The van der Waals surface area contributed by atoms with Crippen molar-refractivity contribution in [3.05, 3.63) is 24.3 Å². The Kier molecular flexibility index (Phi) is 5.84. The van der Waals surface area contributed by atoms with Gasteiger partial charge in [0.15, 0.2) is 0 Å². The van der Waals surface area contributed by atoms with Crippen molar-refractivity contribution in [2.75, 3.05) is 19.0 Å². The molecule has 1 aromatic carbocycles. The van der Waals surface area contributed by atoms with Gasteiger partial charge in [-0.2, -0.15) is 0 Å². The van der Waals surface area contributed by atoms with Crippen molar-refractivity contribution < 1.29 is 14.3 Å². The third-order valence-corrected chi connectivity index (χ3v) is 4.58. The van der Waals surface area contributed by atoms with Crippen molar-refractivity contribution in [2.24, 2.45) is 11.1 Å². The summed E-state index contributed by atoms with van der Waals surface area (Å²) in [5.41, 5.74) is 5.74. The molecule has 1 amide bonds. The highest BCUT2D eigenvalue weighted by atomic mass is 35.5. The largest absolute Gasteiger partial charge is 0.497 e. The number of halogens is 1. The van der Waals surface area contributed by atoms with E-state index >= 15 is 0 Å². The summed E-state index contributed by atoms with van der Waals surface area (Å²) in [5, 5.41) is 2.88. The Bertz CT molecular complexity index is 519. The molecule has 0 bridgehead atoms. The molecule has 1 aliphatic rings. The zero-order valence-corrected chi connectivity index (χ0v) is 14.3. The van der Waals surface area contributed by atoms with Crippen LogP contribution in [-0.4, -0.2) is 31.3 Å². The van der Waals surface area contributed by atoms with Crippen LogP contribution in [0.4, 0.5) is 5.69 Å². The Morgan fingerprint density at radius 1 is 1.36 bits per heavy atom. The van der Waals surface area contributed by atoms with Gasteiger partial charge in [-0.25, -0.2) is 0 Å². The lowest BCUT2D eigenvalue weighted by Crippen LogP contribution is -2.74.